The van der Waals surface area contributed by atoms with Crippen LogP contribution in [0.1, 0.15) is 20.3 Å². The molecule has 1 aromatic heterocycles. The molecule has 2 atom stereocenters. The number of aromatic nitrogens is 2. The van der Waals surface area contributed by atoms with Gasteiger partial charge in [-0.3, -0.25) is 4.79 Å². The van der Waals surface area contributed by atoms with E-state index in [-0.39, 0.29) is 5.91 Å². The number of carbonyl (C=O) groups excluding carboxylic acids is 1. The molecule has 0 bridgehead atoms. The fraction of sp³-hybridized carbons (Fsp3) is 0.526. The molecule has 1 aliphatic heterocycles. The van der Waals surface area contributed by atoms with E-state index in [0.29, 0.717) is 45.8 Å². The Morgan fingerprint density at radius 2 is 1.78 bits per heavy atom. The quantitative estimate of drug-likeness (QED) is 0.699. The average Bonchev–Trinajstić information content (AvgIpc) is 3.14. The Balaban J connectivity index is 1.64. The number of ether oxygens (including phenoxy) is 2. The van der Waals surface area contributed by atoms with Gasteiger partial charge in [0.25, 0.3) is 5.22 Å². The smallest absolute Gasteiger partial charge is 0.277 e. The number of hydrogen-bond acceptors (Lipinski definition) is 7. The van der Waals surface area contributed by atoms with Crippen molar-refractivity contribution in [3.8, 4) is 23.0 Å². The minimum Gasteiger partial charge on any atom is -0.497 e. The number of benzene rings is 1. The maximum atomic E-state index is 12.5. The zero-order valence-electron chi connectivity index (χ0n) is 16.1. The van der Waals surface area contributed by atoms with Gasteiger partial charge >= 0.3 is 0 Å². The fourth-order valence-electron chi connectivity index (χ4n) is 3.40. The van der Waals surface area contributed by atoms with Gasteiger partial charge in [0.05, 0.1) is 20.0 Å². The molecule has 0 radical (unpaired) electrons. The summed E-state index contributed by atoms with van der Waals surface area (Å²) in [4.78, 5) is 14.4. The number of thioether (sulfide) groups is 1. The average molecular weight is 391 g/mol. The van der Waals surface area contributed by atoms with Crippen LogP contribution in [0.4, 0.5) is 0 Å². The number of hydrogen-bond donors (Lipinski definition) is 0. The predicted octanol–water partition coefficient (Wildman–Crippen LogP) is 3.35. The third-order valence-electron chi connectivity index (χ3n) is 4.55. The molecule has 1 amide bonds. The minimum atomic E-state index is 0.112. The van der Waals surface area contributed by atoms with E-state index in [1.165, 1.54) is 18.2 Å². The van der Waals surface area contributed by atoms with E-state index < -0.39 is 0 Å². The van der Waals surface area contributed by atoms with Crippen LogP contribution in [0.3, 0.4) is 0 Å². The number of nitrogens with zero attached hydrogens (tertiary/aromatic N) is 3. The summed E-state index contributed by atoms with van der Waals surface area (Å²) in [7, 11) is 3.17. The second-order valence-corrected chi connectivity index (χ2v) is 7.93. The van der Waals surface area contributed by atoms with Gasteiger partial charge in [0.2, 0.25) is 11.8 Å². The first-order valence-corrected chi connectivity index (χ1v) is 9.94. The molecule has 27 heavy (non-hydrogen) atoms. The highest BCUT2D eigenvalue weighted by Gasteiger charge is 2.25. The number of methoxy groups -OCH3 is 2. The molecule has 1 aliphatic rings. The molecule has 7 nitrogen and oxygen atoms in total. The van der Waals surface area contributed by atoms with Crippen LogP contribution in [0.2, 0.25) is 0 Å². The molecule has 8 heteroatoms. The van der Waals surface area contributed by atoms with Crippen LogP contribution in [0, 0.1) is 11.8 Å². The molecule has 0 N–H and O–H groups in total. The zero-order chi connectivity index (χ0) is 19.4. The van der Waals surface area contributed by atoms with E-state index in [4.69, 9.17) is 13.9 Å². The minimum absolute atomic E-state index is 0.112. The van der Waals surface area contributed by atoms with Crippen molar-refractivity contribution in [3.05, 3.63) is 18.2 Å². The molecule has 1 aromatic carbocycles. The highest BCUT2D eigenvalue weighted by molar-refractivity contribution is 7.99. The first-order chi connectivity index (χ1) is 13.0. The second-order valence-electron chi connectivity index (χ2n) is 7.01. The monoisotopic (exact) mass is 391 g/mol. The summed E-state index contributed by atoms with van der Waals surface area (Å²) in [6, 6.07) is 5.37. The van der Waals surface area contributed by atoms with Crippen molar-refractivity contribution in [1.29, 1.82) is 0 Å². The van der Waals surface area contributed by atoms with Crippen molar-refractivity contribution in [2.24, 2.45) is 11.8 Å². The maximum Gasteiger partial charge on any atom is 0.277 e. The summed E-state index contributed by atoms with van der Waals surface area (Å²) in [5.41, 5.74) is 0.704. The number of amides is 1. The van der Waals surface area contributed by atoms with Gasteiger partial charge < -0.3 is 18.8 Å². The molecule has 2 aromatic rings. The largest absolute Gasteiger partial charge is 0.497 e. The Morgan fingerprint density at radius 1 is 1.15 bits per heavy atom. The lowest BCUT2D eigenvalue weighted by atomic mass is 9.92. The van der Waals surface area contributed by atoms with Crippen molar-refractivity contribution in [1.82, 2.24) is 15.1 Å². The van der Waals surface area contributed by atoms with Crippen LogP contribution >= 0.6 is 11.8 Å². The van der Waals surface area contributed by atoms with Gasteiger partial charge in [-0.1, -0.05) is 25.6 Å². The van der Waals surface area contributed by atoms with Gasteiger partial charge in [0.1, 0.15) is 11.5 Å². The van der Waals surface area contributed by atoms with Crippen LogP contribution < -0.4 is 9.47 Å². The van der Waals surface area contributed by atoms with E-state index in [0.717, 1.165) is 13.1 Å². The van der Waals surface area contributed by atoms with Crippen LogP contribution in [-0.4, -0.2) is 54.1 Å². The Labute approximate surface area is 163 Å². The first kappa shape index (κ1) is 19.5. The molecule has 1 fully saturated rings. The van der Waals surface area contributed by atoms with Gasteiger partial charge in [-0.15, -0.1) is 10.2 Å². The summed E-state index contributed by atoms with van der Waals surface area (Å²) in [5, 5.41) is 8.50. The summed E-state index contributed by atoms with van der Waals surface area (Å²) in [6.07, 6.45) is 1.17. The molecule has 1 saturated heterocycles. The van der Waals surface area contributed by atoms with Gasteiger partial charge in [0.15, 0.2) is 0 Å². The fourth-order valence-corrected chi connectivity index (χ4v) is 4.06. The Bertz CT molecular complexity index is 763. The Kier molecular flexibility index (Phi) is 6.26. The van der Waals surface area contributed by atoms with Crippen molar-refractivity contribution >= 4 is 17.7 Å². The van der Waals surface area contributed by atoms with Gasteiger partial charge in [-0.2, -0.15) is 0 Å². The second kappa shape index (κ2) is 8.65. The molecule has 2 unspecified atom stereocenters. The van der Waals surface area contributed by atoms with E-state index >= 15 is 0 Å². The molecule has 2 heterocycles. The maximum absolute atomic E-state index is 12.5. The molecule has 0 saturated carbocycles. The highest BCUT2D eigenvalue weighted by Crippen LogP contribution is 2.30. The third-order valence-corrected chi connectivity index (χ3v) is 5.35. The van der Waals surface area contributed by atoms with E-state index in [1.807, 2.05) is 4.90 Å². The lowest BCUT2D eigenvalue weighted by Gasteiger charge is -2.34. The highest BCUT2D eigenvalue weighted by atomic mass is 32.2. The Morgan fingerprint density at radius 3 is 2.37 bits per heavy atom. The summed E-state index contributed by atoms with van der Waals surface area (Å²) in [6.45, 7) is 6.02. The lowest BCUT2D eigenvalue weighted by Crippen LogP contribution is -2.43. The molecule has 146 valence electrons. The van der Waals surface area contributed by atoms with Crippen LogP contribution in [0.25, 0.3) is 11.5 Å². The summed E-state index contributed by atoms with van der Waals surface area (Å²) >= 11 is 1.27. The molecule has 3 rings (SSSR count). The van der Waals surface area contributed by atoms with Crippen LogP contribution in [0.15, 0.2) is 27.8 Å². The normalized spacial score (nSPS) is 19.8. The van der Waals surface area contributed by atoms with Gasteiger partial charge in [0, 0.05) is 24.7 Å². The van der Waals surface area contributed by atoms with Crippen molar-refractivity contribution in [2.45, 2.75) is 25.5 Å². The van der Waals surface area contributed by atoms with Gasteiger partial charge in [-0.25, -0.2) is 0 Å². The van der Waals surface area contributed by atoms with E-state index in [9.17, 15) is 4.79 Å². The van der Waals surface area contributed by atoms with Crippen molar-refractivity contribution in [3.63, 3.8) is 0 Å². The number of rotatable bonds is 6. The Hall–Kier alpha value is -2.22. The molecular weight excluding hydrogens is 366 g/mol. The number of likely N-dealkylation sites (tertiary alicyclic amines) is 1. The SMILES string of the molecule is COc1cc(OC)cc(-c2nnc(SCC(=O)N3CC(C)CC(C)C3)o2)c1. The van der Waals surface area contributed by atoms with Crippen LogP contribution in [0.5, 0.6) is 11.5 Å². The topological polar surface area (TPSA) is 77.7 Å². The van der Waals surface area contributed by atoms with Crippen molar-refractivity contribution in [2.75, 3.05) is 33.1 Å². The molecule has 0 spiro atoms. The van der Waals surface area contributed by atoms with E-state index in [1.54, 1.807) is 32.4 Å². The van der Waals surface area contributed by atoms with Crippen molar-refractivity contribution < 1.29 is 18.7 Å². The third kappa shape index (κ3) is 4.94. The molecule has 0 aliphatic carbocycles. The standard InChI is InChI=1S/C19H25N3O4S/c1-12-5-13(2)10-22(9-12)17(23)11-27-19-21-20-18(26-19)14-6-15(24-3)8-16(7-14)25-4/h6-8,12-13H,5,9-11H2,1-4H3. The predicted molar refractivity (Wildman–Crippen MR) is 103 cm³/mol. The molecular formula is C19H25N3O4S. The number of piperidine rings is 1. The number of carbonyl (C=O) groups is 1. The lowest BCUT2D eigenvalue weighted by molar-refractivity contribution is -0.130. The van der Waals surface area contributed by atoms with Gasteiger partial charge in [-0.05, 0) is 30.4 Å². The summed E-state index contributed by atoms with van der Waals surface area (Å²) in [5.74, 6) is 3.13. The zero-order valence-corrected chi connectivity index (χ0v) is 16.9. The first-order valence-electron chi connectivity index (χ1n) is 8.96. The van der Waals surface area contributed by atoms with E-state index in [2.05, 4.69) is 24.0 Å². The summed E-state index contributed by atoms with van der Waals surface area (Å²) < 4.78 is 16.2. The van der Waals surface area contributed by atoms with Crippen LogP contribution in [-0.2, 0) is 4.79 Å².